The molecule has 2 nitrogen and oxygen atoms in total. The molecule has 0 amide bonds. The minimum atomic E-state index is -0.503. The molecule has 0 aliphatic carbocycles. The van der Waals surface area contributed by atoms with Crippen LogP contribution in [-0.2, 0) is 0 Å². The van der Waals surface area contributed by atoms with Gasteiger partial charge in [-0.15, -0.1) is 0 Å². The van der Waals surface area contributed by atoms with Gasteiger partial charge in [-0.05, 0) is 24.3 Å². The highest BCUT2D eigenvalue weighted by Gasteiger charge is 2.14. The van der Waals surface area contributed by atoms with Gasteiger partial charge in [0.2, 0.25) is 0 Å². The van der Waals surface area contributed by atoms with Crippen LogP contribution in [0.2, 0.25) is 15.2 Å². The Bertz CT molecular complexity index is 821. The number of halogens is 4. The molecule has 0 bridgehead atoms. The molecule has 20 heavy (non-hydrogen) atoms. The Hall–Kier alpha value is -1.42. The highest BCUT2D eigenvalue weighted by atomic mass is 35.5. The first-order valence-electron chi connectivity index (χ1n) is 5.63. The maximum Gasteiger partial charge on any atom is 0.161 e. The van der Waals surface area contributed by atoms with E-state index in [4.69, 9.17) is 34.8 Å². The lowest BCUT2D eigenvalue weighted by molar-refractivity contribution is 0.636. The van der Waals surface area contributed by atoms with Crippen molar-refractivity contribution in [2.24, 2.45) is 0 Å². The standard InChI is InChI=1S/C14H6Cl3FN2/c15-8-3-1-2-7(6-8)14-19-12-10(18)5-4-9(16)11(12)13(17)20-14/h1-6H. The van der Waals surface area contributed by atoms with Crippen LogP contribution in [0.25, 0.3) is 22.3 Å². The molecule has 1 heterocycles. The molecule has 0 radical (unpaired) electrons. The SMILES string of the molecule is Fc1ccc(Cl)c2c(Cl)nc(-c3cccc(Cl)c3)nc12. The Morgan fingerprint density at radius 1 is 0.950 bits per heavy atom. The second-order valence-corrected chi connectivity index (χ2v) is 5.30. The monoisotopic (exact) mass is 326 g/mol. The van der Waals surface area contributed by atoms with Gasteiger partial charge in [-0.25, -0.2) is 14.4 Å². The molecule has 3 aromatic rings. The normalized spacial score (nSPS) is 11.0. The van der Waals surface area contributed by atoms with Crippen molar-refractivity contribution in [3.8, 4) is 11.4 Å². The van der Waals surface area contributed by atoms with E-state index in [2.05, 4.69) is 9.97 Å². The number of benzene rings is 2. The summed E-state index contributed by atoms with van der Waals surface area (Å²) >= 11 is 18.0. The van der Waals surface area contributed by atoms with E-state index < -0.39 is 5.82 Å². The van der Waals surface area contributed by atoms with Crippen LogP contribution in [0.15, 0.2) is 36.4 Å². The third-order valence-corrected chi connectivity index (χ3v) is 3.61. The molecule has 0 fully saturated rings. The van der Waals surface area contributed by atoms with E-state index in [9.17, 15) is 4.39 Å². The molecular formula is C14H6Cl3FN2. The zero-order valence-electron chi connectivity index (χ0n) is 9.87. The van der Waals surface area contributed by atoms with Crippen molar-refractivity contribution in [3.05, 3.63) is 57.4 Å². The number of nitrogens with zero attached hydrogens (tertiary/aromatic N) is 2. The summed E-state index contributed by atoms with van der Waals surface area (Å²) in [5.74, 6) is -0.205. The predicted molar refractivity (Wildman–Crippen MR) is 80.0 cm³/mol. The molecule has 0 spiro atoms. The maximum atomic E-state index is 13.9. The third kappa shape index (κ3) is 2.33. The lowest BCUT2D eigenvalue weighted by Crippen LogP contribution is -1.94. The number of hydrogen-bond donors (Lipinski definition) is 0. The van der Waals surface area contributed by atoms with Crippen LogP contribution in [-0.4, -0.2) is 9.97 Å². The highest BCUT2D eigenvalue weighted by molar-refractivity contribution is 6.41. The lowest BCUT2D eigenvalue weighted by atomic mass is 10.2. The van der Waals surface area contributed by atoms with Gasteiger partial charge in [-0.3, -0.25) is 0 Å². The Morgan fingerprint density at radius 2 is 1.75 bits per heavy atom. The minimum Gasteiger partial charge on any atom is -0.225 e. The lowest BCUT2D eigenvalue weighted by Gasteiger charge is -2.07. The van der Waals surface area contributed by atoms with Gasteiger partial charge < -0.3 is 0 Å². The molecule has 0 saturated carbocycles. The molecular weight excluding hydrogens is 322 g/mol. The second-order valence-electron chi connectivity index (χ2n) is 4.10. The first kappa shape index (κ1) is 13.6. The van der Waals surface area contributed by atoms with E-state index in [0.717, 1.165) is 0 Å². The van der Waals surface area contributed by atoms with Crippen molar-refractivity contribution < 1.29 is 4.39 Å². The summed E-state index contributed by atoms with van der Waals surface area (Å²) in [6.45, 7) is 0. The van der Waals surface area contributed by atoms with Gasteiger partial charge in [-0.1, -0.05) is 46.9 Å². The average Bonchev–Trinajstić information content (AvgIpc) is 2.42. The Morgan fingerprint density at radius 3 is 2.50 bits per heavy atom. The van der Waals surface area contributed by atoms with E-state index in [-0.39, 0.29) is 10.7 Å². The Balaban J connectivity index is 2.32. The minimum absolute atomic E-state index is 0.0903. The molecule has 0 atom stereocenters. The van der Waals surface area contributed by atoms with Gasteiger partial charge in [0.25, 0.3) is 0 Å². The maximum absolute atomic E-state index is 13.9. The van der Waals surface area contributed by atoms with Crippen LogP contribution >= 0.6 is 34.8 Å². The van der Waals surface area contributed by atoms with E-state index in [1.807, 2.05) is 0 Å². The number of fused-ring (bicyclic) bond motifs is 1. The van der Waals surface area contributed by atoms with Crippen molar-refractivity contribution in [3.63, 3.8) is 0 Å². The van der Waals surface area contributed by atoms with E-state index in [1.165, 1.54) is 12.1 Å². The number of hydrogen-bond acceptors (Lipinski definition) is 2. The van der Waals surface area contributed by atoms with Crippen molar-refractivity contribution >= 4 is 45.7 Å². The van der Waals surface area contributed by atoms with Crippen molar-refractivity contribution in [2.45, 2.75) is 0 Å². The molecule has 0 aliphatic heterocycles. The van der Waals surface area contributed by atoms with Gasteiger partial charge >= 0.3 is 0 Å². The Labute approximate surface area is 129 Å². The summed E-state index contributed by atoms with van der Waals surface area (Å²) in [4.78, 5) is 8.35. The largest absolute Gasteiger partial charge is 0.225 e. The van der Waals surface area contributed by atoms with Crippen LogP contribution in [0.4, 0.5) is 4.39 Å². The quantitative estimate of drug-likeness (QED) is 0.560. The smallest absolute Gasteiger partial charge is 0.161 e. The van der Waals surface area contributed by atoms with Gasteiger partial charge in [0.15, 0.2) is 5.82 Å². The molecule has 0 saturated heterocycles. The molecule has 0 aliphatic rings. The van der Waals surface area contributed by atoms with Crippen LogP contribution in [0, 0.1) is 5.82 Å². The van der Waals surface area contributed by atoms with Crippen LogP contribution in [0.5, 0.6) is 0 Å². The summed E-state index contributed by atoms with van der Waals surface area (Å²) in [7, 11) is 0. The molecule has 1 aromatic heterocycles. The summed E-state index contributed by atoms with van der Waals surface area (Å²) in [6.07, 6.45) is 0. The zero-order valence-corrected chi connectivity index (χ0v) is 12.1. The first-order chi connectivity index (χ1) is 9.56. The second kappa shape index (κ2) is 5.17. The molecule has 6 heteroatoms. The molecule has 2 aromatic carbocycles. The Kier molecular flexibility index (Phi) is 3.50. The van der Waals surface area contributed by atoms with Gasteiger partial charge in [-0.2, -0.15) is 0 Å². The summed E-state index contributed by atoms with van der Waals surface area (Å²) in [5.41, 5.74) is 0.744. The van der Waals surface area contributed by atoms with Crippen molar-refractivity contribution in [2.75, 3.05) is 0 Å². The highest BCUT2D eigenvalue weighted by Crippen LogP contribution is 2.32. The number of rotatable bonds is 1. The first-order valence-corrected chi connectivity index (χ1v) is 6.77. The van der Waals surface area contributed by atoms with E-state index in [1.54, 1.807) is 24.3 Å². The van der Waals surface area contributed by atoms with Crippen LogP contribution in [0.1, 0.15) is 0 Å². The van der Waals surface area contributed by atoms with Crippen molar-refractivity contribution in [1.29, 1.82) is 0 Å². The fourth-order valence-corrected chi connectivity index (χ4v) is 2.64. The molecule has 0 unspecified atom stereocenters. The van der Waals surface area contributed by atoms with Gasteiger partial charge in [0.1, 0.15) is 16.5 Å². The van der Waals surface area contributed by atoms with Gasteiger partial charge in [0.05, 0.1) is 10.4 Å². The third-order valence-electron chi connectivity index (χ3n) is 2.79. The van der Waals surface area contributed by atoms with E-state index in [0.29, 0.717) is 26.8 Å². The summed E-state index contributed by atoms with van der Waals surface area (Å²) in [6, 6.07) is 9.61. The van der Waals surface area contributed by atoms with E-state index >= 15 is 0 Å². The molecule has 3 rings (SSSR count). The molecule has 100 valence electrons. The van der Waals surface area contributed by atoms with Gasteiger partial charge in [0, 0.05) is 10.6 Å². The topological polar surface area (TPSA) is 25.8 Å². The fourth-order valence-electron chi connectivity index (χ4n) is 1.88. The van der Waals surface area contributed by atoms with Crippen LogP contribution < -0.4 is 0 Å². The average molecular weight is 328 g/mol. The summed E-state index contributed by atoms with van der Waals surface area (Å²) in [5, 5.41) is 1.26. The zero-order chi connectivity index (χ0) is 14.3. The van der Waals surface area contributed by atoms with Crippen molar-refractivity contribution in [1.82, 2.24) is 9.97 Å². The van der Waals surface area contributed by atoms with Crippen LogP contribution in [0.3, 0.4) is 0 Å². The predicted octanol–water partition coefficient (Wildman–Crippen LogP) is 5.40. The molecule has 0 N–H and O–H groups in total. The summed E-state index contributed by atoms with van der Waals surface area (Å²) < 4.78 is 13.9. The number of aromatic nitrogens is 2. The fraction of sp³-hybridized carbons (Fsp3) is 0.